The average Bonchev–Trinajstić information content (AvgIpc) is 3.30. The maximum Gasteiger partial charge on any atom is 0.282 e. The summed E-state index contributed by atoms with van der Waals surface area (Å²) in [5.74, 6) is 2.28. The minimum atomic E-state index is -0.370. The predicted octanol–water partition coefficient (Wildman–Crippen LogP) is 4.70. The third-order valence-corrected chi connectivity index (χ3v) is 8.48. The molecule has 1 aromatic carbocycles. The summed E-state index contributed by atoms with van der Waals surface area (Å²) >= 11 is 3.43. The van der Waals surface area contributed by atoms with Crippen molar-refractivity contribution in [3.63, 3.8) is 0 Å². The molecule has 7 nitrogen and oxygen atoms in total. The number of halogens is 1. The molecule has 0 spiro atoms. The molecule has 8 heteroatoms. The predicted molar refractivity (Wildman–Crippen MR) is 116 cm³/mol. The second kappa shape index (κ2) is 6.87. The van der Waals surface area contributed by atoms with Crippen molar-refractivity contribution in [2.45, 2.75) is 57.0 Å². The molecule has 5 fully saturated rings. The van der Waals surface area contributed by atoms with Crippen LogP contribution in [0.25, 0.3) is 10.9 Å². The van der Waals surface area contributed by atoms with Gasteiger partial charge in [-0.15, -0.1) is 10.2 Å². The molecule has 7 rings (SSSR count). The highest BCUT2D eigenvalue weighted by atomic mass is 79.9. The highest BCUT2D eigenvalue weighted by molar-refractivity contribution is 9.10. The van der Waals surface area contributed by atoms with Crippen LogP contribution in [-0.4, -0.2) is 28.1 Å². The van der Waals surface area contributed by atoms with Crippen LogP contribution in [0.4, 0.5) is 5.69 Å². The number of aromatic nitrogens is 1. The zero-order valence-electron chi connectivity index (χ0n) is 16.7. The summed E-state index contributed by atoms with van der Waals surface area (Å²) in [5.41, 5.74) is 8.03. The summed E-state index contributed by atoms with van der Waals surface area (Å²) in [6, 6.07) is 5.53. The molecule has 2 aromatic rings. The van der Waals surface area contributed by atoms with Crippen molar-refractivity contribution in [1.29, 1.82) is 0 Å². The molecule has 5 aliphatic rings. The maximum atomic E-state index is 12.8. The van der Waals surface area contributed by atoms with Crippen LogP contribution in [0.2, 0.25) is 0 Å². The lowest BCUT2D eigenvalue weighted by molar-refractivity contribution is -0.120. The fourth-order valence-electron chi connectivity index (χ4n) is 7.13. The highest BCUT2D eigenvalue weighted by Crippen LogP contribution is 2.62. The second-order valence-electron chi connectivity index (χ2n) is 9.96. The van der Waals surface area contributed by atoms with Crippen molar-refractivity contribution in [2.24, 2.45) is 33.4 Å². The molecule has 0 radical (unpaired) electrons. The number of fused-ring (bicyclic) bond motifs is 1. The molecule has 2 heterocycles. The first-order chi connectivity index (χ1) is 14.5. The Morgan fingerprint density at radius 3 is 2.47 bits per heavy atom. The van der Waals surface area contributed by atoms with Gasteiger partial charge in [-0.2, -0.15) is 0 Å². The SMILES string of the molecule is O=C(N=Nc1c(O)[nH]c2ccc(Br)cc12)C1CC(C23CC4CC(CC(C4)C2)C3)NN1. The summed E-state index contributed by atoms with van der Waals surface area (Å²) < 4.78 is 0.872. The van der Waals surface area contributed by atoms with E-state index in [1.54, 1.807) is 0 Å². The van der Waals surface area contributed by atoms with E-state index < -0.39 is 0 Å². The first-order valence-electron chi connectivity index (χ1n) is 11.0. The maximum absolute atomic E-state index is 12.8. The number of H-pyrrole nitrogens is 1. The number of hydrogen-bond donors (Lipinski definition) is 4. The van der Waals surface area contributed by atoms with E-state index >= 15 is 0 Å². The van der Waals surface area contributed by atoms with Crippen LogP contribution in [0.5, 0.6) is 5.88 Å². The lowest BCUT2D eigenvalue weighted by Crippen LogP contribution is -2.55. The molecule has 2 atom stereocenters. The van der Waals surface area contributed by atoms with Gasteiger partial charge in [-0.1, -0.05) is 15.9 Å². The number of aromatic hydroxyl groups is 1. The Morgan fingerprint density at radius 1 is 1.07 bits per heavy atom. The summed E-state index contributed by atoms with van der Waals surface area (Å²) in [6.45, 7) is 0. The van der Waals surface area contributed by atoms with E-state index in [2.05, 4.69) is 42.0 Å². The standard InChI is InChI=1S/C22H26BrN5O2/c23-14-1-2-16-15(6-14)19(21(30)24-16)27-28-20(29)17-7-18(26-25-17)22-8-11-3-12(9-22)5-13(4-11)10-22/h1-2,6,11-13,17-18,24-26,30H,3-5,7-10H2. The van der Waals surface area contributed by atoms with Crippen LogP contribution in [0.1, 0.15) is 44.9 Å². The molecule has 4 N–H and O–H groups in total. The van der Waals surface area contributed by atoms with E-state index in [4.69, 9.17) is 0 Å². The van der Waals surface area contributed by atoms with Gasteiger partial charge in [0.15, 0.2) is 5.69 Å². The van der Waals surface area contributed by atoms with Crippen molar-refractivity contribution in [1.82, 2.24) is 15.8 Å². The van der Waals surface area contributed by atoms with E-state index in [0.717, 1.165) is 39.6 Å². The molecular weight excluding hydrogens is 446 g/mol. The molecule has 1 saturated heterocycles. The van der Waals surface area contributed by atoms with Gasteiger partial charge < -0.3 is 10.1 Å². The molecule has 158 valence electrons. The van der Waals surface area contributed by atoms with Crippen LogP contribution < -0.4 is 10.9 Å². The molecular formula is C22H26BrN5O2. The second-order valence-corrected chi connectivity index (χ2v) is 10.9. The van der Waals surface area contributed by atoms with Gasteiger partial charge in [0, 0.05) is 15.9 Å². The summed E-state index contributed by atoms with van der Waals surface area (Å²) in [7, 11) is 0. The number of amides is 1. The number of nitrogens with one attached hydrogen (secondary N) is 3. The van der Waals surface area contributed by atoms with Gasteiger partial charge in [-0.3, -0.25) is 10.2 Å². The van der Waals surface area contributed by atoms with Gasteiger partial charge in [0.25, 0.3) is 5.91 Å². The van der Waals surface area contributed by atoms with Crippen LogP contribution in [0, 0.1) is 23.2 Å². The minimum absolute atomic E-state index is 0.0800. The summed E-state index contributed by atoms with van der Waals surface area (Å²) in [4.78, 5) is 15.6. The van der Waals surface area contributed by atoms with Gasteiger partial charge in [-0.25, -0.2) is 5.43 Å². The Morgan fingerprint density at radius 2 is 1.77 bits per heavy atom. The van der Waals surface area contributed by atoms with Crippen molar-refractivity contribution < 1.29 is 9.90 Å². The molecule has 2 unspecified atom stereocenters. The van der Waals surface area contributed by atoms with Crippen molar-refractivity contribution in [2.75, 3.05) is 0 Å². The van der Waals surface area contributed by atoms with Gasteiger partial charge >= 0.3 is 0 Å². The zero-order chi connectivity index (χ0) is 20.5. The smallest absolute Gasteiger partial charge is 0.282 e. The number of carbonyl (C=O) groups excluding carboxylic acids is 1. The van der Waals surface area contributed by atoms with E-state index in [0.29, 0.717) is 17.1 Å². The number of nitrogens with zero attached hydrogens (tertiary/aromatic N) is 2. The lowest BCUT2D eigenvalue weighted by atomic mass is 9.47. The van der Waals surface area contributed by atoms with Crippen molar-refractivity contribution in [3.05, 3.63) is 22.7 Å². The Hall–Kier alpha value is -1.77. The number of aromatic amines is 1. The van der Waals surface area contributed by atoms with Crippen LogP contribution in [0.15, 0.2) is 32.9 Å². The van der Waals surface area contributed by atoms with Crippen LogP contribution in [0.3, 0.4) is 0 Å². The Balaban J connectivity index is 1.18. The monoisotopic (exact) mass is 471 g/mol. The van der Waals surface area contributed by atoms with E-state index in [1.165, 1.54) is 38.5 Å². The quantitative estimate of drug-likeness (QED) is 0.487. The molecule has 30 heavy (non-hydrogen) atoms. The number of carbonyl (C=O) groups is 1. The Labute approximate surface area is 183 Å². The molecule has 4 aliphatic carbocycles. The van der Waals surface area contributed by atoms with Gasteiger partial charge in [0.1, 0.15) is 6.04 Å². The fraction of sp³-hybridized carbons (Fsp3) is 0.591. The molecule has 1 amide bonds. The third-order valence-electron chi connectivity index (χ3n) is 7.99. The average molecular weight is 472 g/mol. The number of hydrazine groups is 1. The lowest BCUT2D eigenvalue weighted by Gasteiger charge is -2.59. The molecule has 1 aromatic heterocycles. The topological polar surface area (TPSA) is 102 Å². The molecule has 4 saturated carbocycles. The van der Waals surface area contributed by atoms with Gasteiger partial charge in [0.05, 0.1) is 5.52 Å². The summed E-state index contributed by atoms with van der Waals surface area (Å²) in [5, 5.41) is 19.0. The number of benzene rings is 1. The minimum Gasteiger partial charge on any atom is -0.493 e. The van der Waals surface area contributed by atoms with E-state index in [9.17, 15) is 9.90 Å². The molecule has 1 aliphatic heterocycles. The first kappa shape index (κ1) is 19.0. The largest absolute Gasteiger partial charge is 0.493 e. The fourth-order valence-corrected chi connectivity index (χ4v) is 7.49. The van der Waals surface area contributed by atoms with Crippen molar-refractivity contribution >= 4 is 38.4 Å². The third kappa shape index (κ3) is 3.03. The number of azo groups is 1. The highest BCUT2D eigenvalue weighted by Gasteiger charge is 2.55. The van der Waals surface area contributed by atoms with Crippen LogP contribution in [-0.2, 0) is 4.79 Å². The van der Waals surface area contributed by atoms with E-state index in [-0.39, 0.29) is 17.8 Å². The number of rotatable bonds is 3. The van der Waals surface area contributed by atoms with Gasteiger partial charge in [0.2, 0.25) is 5.88 Å². The Bertz CT molecular complexity index is 1010. The summed E-state index contributed by atoms with van der Waals surface area (Å²) in [6.07, 6.45) is 8.92. The van der Waals surface area contributed by atoms with Crippen molar-refractivity contribution in [3.8, 4) is 5.88 Å². The first-order valence-corrected chi connectivity index (χ1v) is 11.8. The molecule has 4 bridgehead atoms. The van der Waals surface area contributed by atoms with Gasteiger partial charge in [-0.05, 0) is 86.3 Å². The normalized spacial score (nSPS) is 37.6. The van der Waals surface area contributed by atoms with E-state index in [1.807, 2.05) is 18.2 Å². The number of hydrogen-bond acceptors (Lipinski definition) is 5. The van der Waals surface area contributed by atoms with Crippen LogP contribution >= 0.6 is 15.9 Å². The zero-order valence-corrected chi connectivity index (χ0v) is 18.3. The Kier molecular flexibility index (Phi) is 4.34.